The quantitative estimate of drug-likeness (QED) is 0.783. The molecule has 0 bridgehead atoms. The van der Waals surface area contributed by atoms with E-state index >= 15 is 0 Å². The van der Waals surface area contributed by atoms with Gasteiger partial charge in [0.05, 0.1) is 19.3 Å². The van der Waals surface area contributed by atoms with Gasteiger partial charge in [-0.3, -0.25) is 0 Å². The van der Waals surface area contributed by atoms with E-state index < -0.39 is 24.0 Å². The minimum Gasteiger partial charge on any atom is -0.467 e. The lowest BCUT2D eigenvalue weighted by atomic mass is 10.1. The molecule has 0 radical (unpaired) electrons. The molecule has 0 saturated carbocycles. The number of hydrogen-bond donors (Lipinski definition) is 2. The minimum atomic E-state index is -0.756. The molecule has 0 aromatic heterocycles. The van der Waals surface area contributed by atoms with E-state index in [1.54, 1.807) is 39.0 Å². The van der Waals surface area contributed by atoms with Gasteiger partial charge in [0.25, 0.3) is 0 Å². The summed E-state index contributed by atoms with van der Waals surface area (Å²) < 4.78 is 9.56. The zero-order valence-electron chi connectivity index (χ0n) is 13.7. The van der Waals surface area contributed by atoms with E-state index in [1.165, 1.54) is 13.2 Å². The molecule has 1 unspecified atom stereocenters. The summed E-state index contributed by atoms with van der Waals surface area (Å²) in [7, 11) is 1.26. The number of carbonyl (C=O) groups excluding carboxylic acids is 3. The Balaban J connectivity index is 2.75. The second-order valence-corrected chi connectivity index (χ2v) is 5.14. The van der Waals surface area contributed by atoms with Gasteiger partial charge in [0, 0.05) is 5.69 Å². The van der Waals surface area contributed by atoms with E-state index in [0.717, 1.165) is 0 Å². The summed E-state index contributed by atoms with van der Waals surface area (Å²) in [4.78, 5) is 35.3. The first kappa shape index (κ1) is 18.5. The number of amides is 2. The first-order valence-electron chi connectivity index (χ1n) is 7.31. The molecule has 1 aromatic rings. The molecule has 0 aliphatic rings. The molecule has 23 heavy (non-hydrogen) atoms. The Labute approximate surface area is 135 Å². The van der Waals surface area contributed by atoms with Crippen LogP contribution in [0.25, 0.3) is 0 Å². The molecule has 126 valence electrons. The highest BCUT2D eigenvalue weighted by molar-refractivity contribution is 5.95. The Hall–Kier alpha value is -2.57. The smallest absolute Gasteiger partial charge is 0.338 e. The van der Waals surface area contributed by atoms with E-state index in [4.69, 9.17) is 4.74 Å². The van der Waals surface area contributed by atoms with Gasteiger partial charge in [-0.25, -0.2) is 14.4 Å². The molecule has 1 atom stereocenters. The van der Waals surface area contributed by atoms with E-state index in [0.29, 0.717) is 11.3 Å². The second-order valence-electron chi connectivity index (χ2n) is 5.14. The number of nitrogens with one attached hydrogen (secondary N) is 2. The normalized spacial score (nSPS) is 11.5. The third kappa shape index (κ3) is 5.61. The van der Waals surface area contributed by atoms with Crippen LogP contribution in [-0.2, 0) is 14.3 Å². The highest BCUT2D eigenvalue weighted by atomic mass is 16.5. The number of anilines is 1. The third-order valence-corrected chi connectivity index (χ3v) is 3.04. The van der Waals surface area contributed by atoms with Gasteiger partial charge in [-0.1, -0.05) is 19.9 Å². The molecule has 2 amide bonds. The summed E-state index contributed by atoms with van der Waals surface area (Å²) in [6, 6.07) is 5.03. The van der Waals surface area contributed by atoms with Crippen molar-refractivity contribution in [3.63, 3.8) is 0 Å². The number of methoxy groups -OCH3 is 1. The third-order valence-electron chi connectivity index (χ3n) is 3.04. The molecular formula is C16H22N2O5. The maximum Gasteiger partial charge on any atom is 0.338 e. The number of esters is 2. The maximum absolute atomic E-state index is 12.0. The van der Waals surface area contributed by atoms with Crippen molar-refractivity contribution in [3.05, 3.63) is 29.8 Å². The summed E-state index contributed by atoms with van der Waals surface area (Å²) in [6.07, 6.45) is 0. The Morgan fingerprint density at radius 2 is 1.91 bits per heavy atom. The molecule has 0 saturated heterocycles. The van der Waals surface area contributed by atoms with Crippen molar-refractivity contribution in [2.24, 2.45) is 5.92 Å². The summed E-state index contributed by atoms with van der Waals surface area (Å²) in [5.41, 5.74) is 0.749. The summed E-state index contributed by atoms with van der Waals surface area (Å²) in [5, 5.41) is 5.13. The van der Waals surface area contributed by atoms with Gasteiger partial charge < -0.3 is 20.1 Å². The number of hydrogen-bond acceptors (Lipinski definition) is 5. The van der Waals surface area contributed by atoms with Crippen molar-refractivity contribution in [1.29, 1.82) is 0 Å². The molecule has 0 spiro atoms. The lowest BCUT2D eigenvalue weighted by Crippen LogP contribution is -2.46. The van der Waals surface area contributed by atoms with Gasteiger partial charge in [-0.05, 0) is 31.0 Å². The van der Waals surface area contributed by atoms with Crippen LogP contribution >= 0.6 is 0 Å². The van der Waals surface area contributed by atoms with Crippen LogP contribution < -0.4 is 10.6 Å². The Kier molecular flexibility index (Phi) is 7.05. The lowest BCUT2D eigenvalue weighted by molar-refractivity contribution is -0.143. The van der Waals surface area contributed by atoms with Crippen LogP contribution in [0.15, 0.2) is 24.3 Å². The fourth-order valence-corrected chi connectivity index (χ4v) is 1.87. The number of carbonyl (C=O) groups is 3. The molecule has 0 aliphatic carbocycles. The van der Waals surface area contributed by atoms with Crippen molar-refractivity contribution in [2.45, 2.75) is 26.8 Å². The van der Waals surface area contributed by atoms with Gasteiger partial charge in [-0.2, -0.15) is 0 Å². The zero-order valence-corrected chi connectivity index (χ0v) is 13.7. The Bertz CT molecular complexity index is 571. The average molecular weight is 322 g/mol. The second kappa shape index (κ2) is 8.77. The van der Waals surface area contributed by atoms with Gasteiger partial charge in [0.15, 0.2) is 0 Å². The molecule has 7 heteroatoms. The largest absolute Gasteiger partial charge is 0.467 e. The summed E-state index contributed by atoms with van der Waals surface area (Å²) in [5.74, 6) is -1.11. The van der Waals surface area contributed by atoms with Crippen molar-refractivity contribution in [3.8, 4) is 0 Å². The fourth-order valence-electron chi connectivity index (χ4n) is 1.87. The predicted octanol–water partition coefficient (Wildman–Crippen LogP) is 2.18. The highest BCUT2D eigenvalue weighted by Crippen LogP contribution is 2.12. The standard InChI is InChI=1S/C16H22N2O5/c1-5-23-14(19)11-7-6-8-12(9-11)17-16(21)18-13(10(2)3)15(20)22-4/h6-10,13H,5H2,1-4H3,(H2,17,18,21). The molecule has 1 aromatic carbocycles. The summed E-state index contributed by atoms with van der Waals surface area (Å²) in [6.45, 7) is 5.57. The highest BCUT2D eigenvalue weighted by Gasteiger charge is 2.24. The average Bonchev–Trinajstić information content (AvgIpc) is 2.52. The van der Waals surface area contributed by atoms with Crippen LogP contribution in [0.1, 0.15) is 31.1 Å². The number of rotatable bonds is 6. The maximum atomic E-state index is 12.0. The summed E-state index contributed by atoms with van der Waals surface area (Å²) >= 11 is 0. The monoisotopic (exact) mass is 322 g/mol. The van der Waals surface area contributed by atoms with Crippen molar-refractivity contribution >= 4 is 23.7 Å². The van der Waals surface area contributed by atoms with Gasteiger partial charge in [0.2, 0.25) is 0 Å². The predicted molar refractivity (Wildman–Crippen MR) is 85.2 cm³/mol. The Morgan fingerprint density at radius 3 is 2.48 bits per heavy atom. The molecule has 2 N–H and O–H groups in total. The van der Waals surface area contributed by atoms with Crippen LogP contribution in [-0.4, -0.2) is 37.7 Å². The van der Waals surface area contributed by atoms with E-state index in [2.05, 4.69) is 15.4 Å². The first-order valence-corrected chi connectivity index (χ1v) is 7.31. The van der Waals surface area contributed by atoms with Crippen LogP contribution in [0.3, 0.4) is 0 Å². The zero-order chi connectivity index (χ0) is 17.4. The van der Waals surface area contributed by atoms with Crippen molar-refractivity contribution in [2.75, 3.05) is 19.0 Å². The van der Waals surface area contributed by atoms with Crippen LogP contribution in [0.4, 0.5) is 10.5 Å². The Morgan fingerprint density at radius 1 is 1.22 bits per heavy atom. The van der Waals surface area contributed by atoms with Gasteiger partial charge in [0.1, 0.15) is 6.04 Å². The fraction of sp³-hybridized carbons (Fsp3) is 0.438. The van der Waals surface area contributed by atoms with E-state index in [-0.39, 0.29) is 12.5 Å². The number of benzene rings is 1. The topological polar surface area (TPSA) is 93.7 Å². The molecule has 0 fully saturated rings. The molecule has 0 aliphatic heterocycles. The minimum absolute atomic E-state index is 0.126. The van der Waals surface area contributed by atoms with Gasteiger partial charge >= 0.3 is 18.0 Å². The molecule has 0 heterocycles. The number of urea groups is 1. The van der Waals surface area contributed by atoms with Crippen molar-refractivity contribution in [1.82, 2.24) is 5.32 Å². The van der Waals surface area contributed by atoms with Gasteiger partial charge in [-0.15, -0.1) is 0 Å². The molecule has 7 nitrogen and oxygen atoms in total. The SMILES string of the molecule is CCOC(=O)c1cccc(NC(=O)NC(C(=O)OC)C(C)C)c1. The molecule has 1 rings (SSSR count). The first-order chi connectivity index (χ1) is 10.9. The van der Waals surface area contributed by atoms with Crippen molar-refractivity contribution < 1.29 is 23.9 Å². The van der Waals surface area contributed by atoms with E-state index in [9.17, 15) is 14.4 Å². The lowest BCUT2D eigenvalue weighted by Gasteiger charge is -2.20. The van der Waals surface area contributed by atoms with Crippen LogP contribution in [0.2, 0.25) is 0 Å². The number of ether oxygens (including phenoxy) is 2. The van der Waals surface area contributed by atoms with E-state index in [1.807, 2.05) is 0 Å². The van der Waals surface area contributed by atoms with Crippen LogP contribution in [0, 0.1) is 5.92 Å². The molecular weight excluding hydrogens is 300 g/mol. The van der Waals surface area contributed by atoms with Crippen LogP contribution in [0.5, 0.6) is 0 Å².